The number of terminal acetylenes is 1. The van der Waals surface area contributed by atoms with Crippen molar-refractivity contribution >= 4 is 27.6 Å². The SMILES string of the molecule is C#Cc1c(C=C)c2ccccc2c2ccccc12.CC. The minimum atomic E-state index is 0.930. The zero-order valence-electron chi connectivity index (χ0n) is 12.0. The van der Waals surface area contributed by atoms with Gasteiger partial charge in [0.2, 0.25) is 0 Å². The summed E-state index contributed by atoms with van der Waals surface area (Å²) < 4.78 is 0. The number of hydrogen-bond donors (Lipinski definition) is 0. The summed E-state index contributed by atoms with van der Waals surface area (Å²) in [6.07, 6.45) is 7.54. The third kappa shape index (κ3) is 2.08. The molecular formula is C20H18. The summed E-state index contributed by atoms with van der Waals surface area (Å²) in [5.41, 5.74) is 1.98. The second-order valence-electron chi connectivity index (χ2n) is 4.23. The standard InChI is InChI=1S/C18H12.C2H6/c1-3-13-14(4-2)16-10-6-8-12-18(16)17-11-7-5-9-15(13)17;1-2/h1,4-12H,2H2;1-2H3. The number of rotatable bonds is 1. The molecule has 0 atom stereocenters. The maximum atomic E-state index is 5.69. The molecule has 0 bridgehead atoms. The third-order valence-electron chi connectivity index (χ3n) is 3.32. The molecule has 0 amide bonds. The van der Waals surface area contributed by atoms with E-state index in [9.17, 15) is 0 Å². The zero-order chi connectivity index (χ0) is 14.5. The normalized spacial score (nSPS) is 9.65. The molecule has 0 aliphatic heterocycles. The van der Waals surface area contributed by atoms with Gasteiger partial charge in [-0.25, -0.2) is 0 Å². The molecule has 0 aliphatic carbocycles. The molecular weight excluding hydrogens is 240 g/mol. The lowest BCUT2D eigenvalue weighted by molar-refractivity contribution is 1.50. The summed E-state index contributed by atoms with van der Waals surface area (Å²) in [5.74, 6) is 2.81. The van der Waals surface area contributed by atoms with Gasteiger partial charge in [0.1, 0.15) is 0 Å². The number of hydrogen-bond acceptors (Lipinski definition) is 0. The van der Waals surface area contributed by atoms with Crippen molar-refractivity contribution in [3.8, 4) is 12.3 Å². The van der Waals surface area contributed by atoms with Crippen LogP contribution in [-0.2, 0) is 0 Å². The summed E-state index contributed by atoms with van der Waals surface area (Å²) in [6.45, 7) is 7.90. The Bertz CT molecular complexity index is 801. The van der Waals surface area contributed by atoms with Crippen LogP contribution in [0.3, 0.4) is 0 Å². The summed E-state index contributed by atoms with van der Waals surface area (Å²) in [7, 11) is 0. The van der Waals surface area contributed by atoms with Crippen LogP contribution in [0.4, 0.5) is 0 Å². The van der Waals surface area contributed by atoms with Gasteiger partial charge in [0.05, 0.1) is 0 Å². The minimum absolute atomic E-state index is 0.930. The summed E-state index contributed by atoms with van der Waals surface area (Å²) in [6, 6.07) is 16.6. The van der Waals surface area contributed by atoms with Crippen LogP contribution in [0.15, 0.2) is 55.1 Å². The molecule has 0 aliphatic rings. The molecule has 0 N–H and O–H groups in total. The molecule has 3 rings (SSSR count). The Hall–Kier alpha value is -2.52. The first-order valence-electron chi connectivity index (χ1n) is 6.89. The summed E-state index contributed by atoms with van der Waals surface area (Å²) in [4.78, 5) is 0. The van der Waals surface area contributed by atoms with Gasteiger partial charge >= 0.3 is 0 Å². The Morgan fingerprint density at radius 3 is 1.80 bits per heavy atom. The topological polar surface area (TPSA) is 0 Å². The lowest BCUT2D eigenvalue weighted by Gasteiger charge is -2.11. The zero-order valence-corrected chi connectivity index (χ0v) is 12.0. The van der Waals surface area contributed by atoms with Crippen molar-refractivity contribution < 1.29 is 0 Å². The van der Waals surface area contributed by atoms with E-state index in [0.29, 0.717) is 0 Å². The van der Waals surface area contributed by atoms with E-state index in [4.69, 9.17) is 6.42 Å². The molecule has 0 saturated carbocycles. The molecule has 20 heavy (non-hydrogen) atoms. The van der Waals surface area contributed by atoms with Crippen LogP contribution in [0, 0.1) is 12.3 Å². The van der Waals surface area contributed by atoms with Crippen LogP contribution in [0.25, 0.3) is 27.6 Å². The van der Waals surface area contributed by atoms with Crippen LogP contribution >= 0.6 is 0 Å². The first-order valence-corrected chi connectivity index (χ1v) is 6.89. The van der Waals surface area contributed by atoms with Crippen LogP contribution in [-0.4, -0.2) is 0 Å². The van der Waals surface area contributed by atoms with E-state index in [1.54, 1.807) is 0 Å². The largest absolute Gasteiger partial charge is 0.115 e. The third-order valence-corrected chi connectivity index (χ3v) is 3.32. The molecule has 3 aromatic carbocycles. The minimum Gasteiger partial charge on any atom is -0.115 e. The molecule has 0 nitrogen and oxygen atoms in total. The maximum Gasteiger partial charge on any atom is 0.0399 e. The van der Waals surface area contributed by atoms with Gasteiger partial charge in [0.25, 0.3) is 0 Å². The molecule has 0 unspecified atom stereocenters. The highest BCUT2D eigenvalue weighted by atomic mass is 14.1. The Morgan fingerprint density at radius 1 is 0.850 bits per heavy atom. The van der Waals surface area contributed by atoms with Crippen molar-refractivity contribution in [2.45, 2.75) is 13.8 Å². The molecule has 3 aromatic rings. The first kappa shape index (κ1) is 13.9. The lowest BCUT2D eigenvalue weighted by atomic mass is 9.92. The van der Waals surface area contributed by atoms with E-state index in [2.05, 4.69) is 42.8 Å². The fourth-order valence-corrected chi connectivity index (χ4v) is 2.54. The Kier molecular flexibility index (Phi) is 4.23. The smallest absolute Gasteiger partial charge is 0.0399 e. The Balaban J connectivity index is 0.000000704. The number of benzene rings is 3. The van der Waals surface area contributed by atoms with E-state index in [1.807, 2.05) is 38.1 Å². The van der Waals surface area contributed by atoms with Gasteiger partial charge in [-0.1, -0.05) is 81.0 Å². The summed E-state index contributed by atoms with van der Waals surface area (Å²) >= 11 is 0. The predicted octanol–water partition coefficient (Wildman–Crippen LogP) is 5.64. The molecule has 0 saturated heterocycles. The Labute approximate surface area is 120 Å². The van der Waals surface area contributed by atoms with Gasteiger partial charge in [-0.3, -0.25) is 0 Å². The van der Waals surface area contributed by atoms with Gasteiger partial charge < -0.3 is 0 Å². The van der Waals surface area contributed by atoms with E-state index in [0.717, 1.165) is 16.5 Å². The average molecular weight is 258 g/mol. The van der Waals surface area contributed by atoms with E-state index in [1.165, 1.54) is 16.2 Å². The second kappa shape index (κ2) is 6.08. The van der Waals surface area contributed by atoms with Gasteiger partial charge in [-0.2, -0.15) is 0 Å². The van der Waals surface area contributed by atoms with Crippen molar-refractivity contribution in [3.05, 3.63) is 66.2 Å². The van der Waals surface area contributed by atoms with Crippen LogP contribution < -0.4 is 0 Å². The highest BCUT2D eigenvalue weighted by Gasteiger charge is 2.09. The van der Waals surface area contributed by atoms with Crippen LogP contribution in [0.1, 0.15) is 25.0 Å². The fourth-order valence-electron chi connectivity index (χ4n) is 2.54. The van der Waals surface area contributed by atoms with E-state index >= 15 is 0 Å². The van der Waals surface area contributed by atoms with Crippen molar-refractivity contribution in [1.29, 1.82) is 0 Å². The first-order chi connectivity index (χ1) is 9.86. The molecule has 0 spiro atoms. The van der Waals surface area contributed by atoms with Gasteiger partial charge in [0, 0.05) is 5.56 Å². The predicted molar refractivity (Wildman–Crippen MR) is 90.8 cm³/mol. The summed E-state index contributed by atoms with van der Waals surface area (Å²) in [5, 5.41) is 4.71. The molecule has 0 aromatic heterocycles. The molecule has 0 heterocycles. The fraction of sp³-hybridized carbons (Fsp3) is 0.100. The van der Waals surface area contributed by atoms with Crippen molar-refractivity contribution in [2.75, 3.05) is 0 Å². The monoisotopic (exact) mass is 258 g/mol. The quantitative estimate of drug-likeness (QED) is 0.391. The van der Waals surface area contributed by atoms with Crippen LogP contribution in [0.2, 0.25) is 0 Å². The molecule has 98 valence electrons. The molecule has 0 radical (unpaired) electrons. The van der Waals surface area contributed by atoms with Crippen LogP contribution in [0.5, 0.6) is 0 Å². The lowest BCUT2D eigenvalue weighted by Crippen LogP contribution is -1.89. The Morgan fingerprint density at radius 2 is 1.30 bits per heavy atom. The molecule has 0 fully saturated rings. The highest BCUT2D eigenvalue weighted by Crippen LogP contribution is 2.32. The second-order valence-corrected chi connectivity index (χ2v) is 4.23. The van der Waals surface area contributed by atoms with E-state index in [-0.39, 0.29) is 0 Å². The van der Waals surface area contributed by atoms with Gasteiger partial charge in [0.15, 0.2) is 0 Å². The molecule has 0 heteroatoms. The number of fused-ring (bicyclic) bond motifs is 3. The maximum absolute atomic E-state index is 5.69. The van der Waals surface area contributed by atoms with Crippen molar-refractivity contribution in [3.63, 3.8) is 0 Å². The van der Waals surface area contributed by atoms with Crippen molar-refractivity contribution in [1.82, 2.24) is 0 Å². The van der Waals surface area contributed by atoms with Gasteiger partial charge in [-0.15, -0.1) is 6.42 Å². The van der Waals surface area contributed by atoms with E-state index < -0.39 is 0 Å². The highest BCUT2D eigenvalue weighted by molar-refractivity contribution is 6.13. The van der Waals surface area contributed by atoms with Crippen molar-refractivity contribution in [2.24, 2.45) is 0 Å². The average Bonchev–Trinajstić information content (AvgIpc) is 2.55. The van der Waals surface area contributed by atoms with Gasteiger partial charge in [-0.05, 0) is 27.1 Å².